The van der Waals surface area contributed by atoms with Gasteiger partial charge < -0.3 is 5.73 Å². The molecule has 2 rings (SSSR count). The number of benzene rings is 1. The van der Waals surface area contributed by atoms with Gasteiger partial charge in [-0.05, 0) is 40.6 Å². The van der Waals surface area contributed by atoms with E-state index in [-0.39, 0.29) is 23.5 Å². The van der Waals surface area contributed by atoms with Gasteiger partial charge in [-0.2, -0.15) is 15.6 Å². The highest BCUT2D eigenvalue weighted by atomic mass is 32.2. The molecule has 0 spiro atoms. The highest BCUT2D eigenvalue weighted by molar-refractivity contribution is 7.89. The number of rotatable bonds is 5. The van der Waals surface area contributed by atoms with Crippen molar-refractivity contribution in [1.82, 2.24) is 4.31 Å². The molecule has 0 aliphatic heterocycles. The second kappa shape index (κ2) is 6.01. The fourth-order valence-electron chi connectivity index (χ4n) is 1.77. The van der Waals surface area contributed by atoms with E-state index in [1.807, 2.05) is 16.8 Å². The van der Waals surface area contributed by atoms with Crippen molar-refractivity contribution < 1.29 is 12.8 Å². The molecule has 108 valence electrons. The third-order valence-corrected chi connectivity index (χ3v) is 5.46. The fourth-order valence-corrected chi connectivity index (χ4v) is 3.64. The molecule has 2 aromatic rings. The zero-order valence-electron chi connectivity index (χ0n) is 10.9. The van der Waals surface area contributed by atoms with E-state index in [0.29, 0.717) is 0 Å². The molecular formula is C13H15FN2O2S2. The first-order valence-corrected chi connectivity index (χ1v) is 8.29. The Hall–Kier alpha value is -1.28. The van der Waals surface area contributed by atoms with E-state index in [1.165, 1.54) is 34.8 Å². The second-order valence-electron chi connectivity index (χ2n) is 4.35. The minimum atomic E-state index is -3.65. The Labute approximate surface area is 121 Å². The van der Waals surface area contributed by atoms with Gasteiger partial charge in [-0.15, -0.1) is 0 Å². The predicted molar refractivity (Wildman–Crippen MR) is 77.3 cm³/mol. The van der Waals surface area contributed by atoms with Crippen molar-refractivity contribution in [3.05, 3.63) is 52.0 Å². The lowest BCUT2D eigenvalue weighted by atomic mass is 10.2. The lowest BCUT2D eigenvalue weighted by Crippen LogP contribution is -2.26. The number of thiophene rings is 1. The number of nitrogens with zero attached hydrogens (tertiary/aromatic N) is 1. The summed E-state index contributed by atoms with van der Waals surface area (Å²) in [5, 5.41) is 3.78. The van der Waals surface area contributed by atoms with Crippen molar-refractivity contribution in [2.45, 2.75) is 18.0 Å². The maximum absolute atomic E-state index is 13.4. The van der Waals surface area contributed by atoms with E-state index in [4.69, 9.17) is 5.73 Å². The Morgan fingerprint density at radius 1 is 1.35 bits per heavy atom. The molecule has 0 amide bonds. The van der Waals surface area contributed by atoms with Gasteiger partial charge >= 0.3 is 0 Å². The summed E-state index contributed by atoms with van der Waals surface area (Å²) in [6.45, 7) is 0.241. The van der Waals surface area contributed by atoms with Gasteiger partial charge in [-0.1, -0.05) is 0 Å². The zero-order valence-corrected chi connectivity index (χ0v) is 12.5. The van der Waals surface area contributed by atoms with Crippen LogP contribution in [0.25, 0.3) is 0 Å². The first kappa shape index (κ1) is 15.1. The van der Waals surface area contributed by atoms with Crippen LogP contribution in [0, 0.1) is 5.82 Å². The molecular weight excluding hydrogens is 299 g/mol. The lowest BCUT2D eigenvalue weighted by molar-refractivity contribution is 0.467. The Kier molecular flexibility index (Phi) is 4.54. The van der Waals surface area contributed by atoms with Crippen molar-refractivity contribution >= 4 is 21.4 Å². The summed E-state index contributed by atoms with van der Waals surface area (Å²) in [5.74, 6) is -0.494. The van der Waals surface area contributed by atoms with Crippen LogP contribution < -0.4 is 5.73 Å². The van der Waals surface area contributed by atoms with Crippen LogP contribution in [0.1, 0.15) is 11.1 Å². The third kappa shape index (κ3) is 3.06. The Bertz CT molecular complexity index is 684. The molecule has 0 atom stereocenters. The van der Waals surface area contributed by atoms with Gasteiger partial charge in [-0.3, -0.25) is 0 Å². The summed E-state index contributed by atoms with van der Waals surface area (Å²) in [7, 11) is -2.15. The van der Waals surface area contributed by atoms with Crippen LogP contribution in [0.5, 0.6) is 0 Å². The molecule has 1 aromatic heterocycles. The van der Waals surface area contributed by atoms with E-state index < -0.39 is 15.8 Å². The molecule has 0 aliphatic carbocycles. The van der Waals surface area contributed by atoms with Crippen LogP contribution in [0.15, 0.2) is 39.9 Å². The zero-order chi connectivity index (χ0) is 14.8. The van der Waals surface area contributed by atoms with Crippen molar-refractivity contribution in [3.63, 3.8) is 0 Å². The minimum absolute atomic E-state index is 0.0383. The van der Waals surface area contributed by atoms with E-state index in [2.05, 4.69) is 0 Å². The van der Waals surface area contributed by atoms with Gasteiger partial charge in [0.15, 0.2) is 0 Å². The lowest BCUT2D eigenvalue weighted by Gasteiger charge is -2.17. The second-order valence-corrected chi connectivity index (χ2v) is 7.17. The molecule has 0 fully saturated rings. The summed E-state index contributed by atoms with van der Waals surface area (Å²) in [6.07, 6.45) is 0. The molecule has 0 radical (unpaired) electrons. The topological polar surface area (TPSA) is 63.4 Å². The SMILES string of the molecule is CN(Cc1ccsc1)S(=O)(=O)c1ccc(F)c(CN)c1. The van der Waals surface area contributed by atoms with E-state index >= 15 is 0 Å². The van der Waals surface area contributed by atoms with E-state index in [0.717, 1.165) is 11.6 Å². The fraction of sp³-hybridized carbons (Fsp3) is 0.231. The summed E-state index contributed by atoms with van der Waals surface area (Å²) >= 11 is 1.51. The highest BCUT2D eigenvalue weighted by Gasteiger charge is 2.22. The highest BCUT2D eigenvalue weighted by Crippen LogP contribution is 2.20. The van der Waals surface area contributed by atoms with E-state index in [9.17, 15) is 12.8 Å². The van der Waals surface area contributed by atoms with Gasteiger partial charge in [0, 0.05) is 25.7 Å². The number of halogens is 1. The first-order chi connectivity index (χ1) is 9.45. The van der Waals surface area contributed by atoms with Crippen molar-refractivity contribution in [2.24, 2.45) is 5.73 Å². The smallest absolute Gasteiger partial charge is 0.243 e. The Balaban J connectivity index is 2.29. The van der Waals surface area contributed by atoms with Crippen LogP contribution in [-0.4, -0.2) is 19.8 Å². The number of sulfonamides is 1. The van der Waals surface area contributed by atoms with Crippen LogP contribution in [0.3, 0.4) is 0 Å². The predicted octanol–water partition coefficient (Wildman–Crippen LogP) is 2.17. The van der Waals surface area contributed by atoms with Crippen molar-refractivity contribution in [3.8, 4) is 0 Å². The summed E-state index contributed by atoms with van der Waals surface area (Å²) in [6, 6.07) is 5.54. The third-order valence-electron chi connectivity index (χ3n) is 2.93. The van der Waals surface area contributed by atoms with Crippen molar-refractivity contribution in [2.75, 3.05) is 7.05 Å². The monoisotopic (exact) mass is 314 g/mol. The molecule has 20 heavy (non-hydrogen) atoms. The van der Waals surface area contributed by atoms with Gasteiger partial charge in [0.05, 0.1) is 4.90 Å². The van der Waals surface area contributed by atoms with E-state index in [1.54, 1.807) is 0 Å². The maximum atomic E-state index is 13.4. The van der Waals surface area contributed by atoms with Crippen LogP contribution >= 0.6 is 11.3 Å². The molecule has 7 heteroatoms. The number of hydrogen-bond acceptors (Lipinski definition) is 4. The molecule has 0 bridgehead atoms. The Morgan fingerprint density at radius 3 is 2.70 bits per heavy atom. The van der Waals surface area contributed by atoms with Gasteiger partial charge in [-0.25, -0.2) is 12.8 Å². The number of nitrogens with two attached hydrogens (primary N) is 1. The van der Waals surface area contributed by atoms with Crippen LogP contribution in [0.4, 0.5) is 4.39 Å². The molecule has 1 heterocycles. The normalized spacial score (nSPS) is 12.0. The molecule has 0 saturated carbocycles. The van der Waals surface area contributed by atoms with Crippen LogP contribution in [0.2, 0.25) is 0 Å². The summed E-state index contributed by atoms with van der Waals surface area (Å²) in [4.78, 5) is 0.0529. The molecule has 1 aromatic carbocycles. The van der Waals surface area contributed by atoms with Gasteiger partial charge in [0.2, 0.25) is 10.0 Å². The molecule has 0 saturated heterocycles. The molecule has 4 nitrogen and oxygen atoms in total. The average molecular weight is 314 g/mol. The minimum Gasteiger partial charge on any atom is -0.326 e. The molecule has 0 aliphatic rings. The molecule has 2 N–H and O–H groups in total. The summed E-state index contributed by atoms with van der Waals surface area (Å²) < 4.78 is 39.4. The standard InChI is InChI=1S/C13H15FN2O2S2/c1-16(8-10-4-5-19-9-10)20(17,18)12-2-3-13(14)11(6-12)7-15/h2-6,9H,7-8,15H2,1H3. The van der Waals surface area contributed by atoms with Crippen molar-refractivity contribution in [1.29, 1.82) is 0 Å². The van der Waals surface area contributed by atoms with Gasteiger partial charge in [0.25, 0.3) is 0 Å². The maximum Gasteiger partial charge on any atom is 0.243 e. The Morgan fingerprint density at radius 2 is 2.10 bits per heavy atom. The van der Waals surface area contributed by atoms with Gasteiger partial charge in [0.1, 0.15) is 5.82 Å². The average Bonchev–Trinajstić information content (AvgIpc) is 2.91. The molecule has 0 unspecified atom stereocenters. The van der Waals surface area contributed by atoms with Crippen LogP contribution in [-0.2, 0) is 23.1 Å². The number of hydrogen-bond donors (Lipinski definition) is 1. The summed E-state index contributed by atoms with van der Waals surface area (Å²) in [5.41, 5.74) is 6.51. The first-order valence-electron chi connectivity index (χ1n) is 5.91. The largest absolute Gasteiger partial charge is 0.326 e. The quantitative estimate of drug-likeness (QED) is 0.920.